The highest BCUT2D eigenvalue weighted by Gasteiger charge is 2.27. The molecule has 2 atom stereocenters. The highest BCUT2D eigenvalue weighted by Crippen LogP contribution is 2.27. The first-order valence-electron chi connectivity index (χ1n) is 4.72. The van der Waals surface area contributed by atoms with Gasteiger partial charge in [-0.25, -0.2) is 8.78 Å². The van der Waals surface area contributed by atoms with Crippen molar-refractivity contribution in [1.82, 2.24) is 0 Å². The Morgan fingerprint density at radius 3 is 2.47 bits per heavy atom. The van der Waals surface area contributed by atoms with Crippen molar-refractivity contribution in [3.8, 4) is 0 Å². The number of carbonyl (C=O) groups excluding carboxylic acids is 1. The Morgan fingerprint density at radius 2 is 1.94 bits per heavy atom. The van der Waals surface area contributed by atoms with Crippen molar-refractivity contribution < 1.29 is 23.8 Å². The molecule has 0 fully saturated rings. The first kappa shape index (κ1) is 13.3. The van der Waals surface area contributed by atoms with Gasteiger partial charge in [0.25, 0.3) is 0 Å². The fraction of sp³-hybridized carbons (Fsp3) is 0.300. The molecule has 0 spiro atoms. The largest absolute Gasteiger partial charge is 0.396 e. The topological polar surface area (TPSA) is 110 Å². The number of aliphatic hydroxyl groups is 2. The Bertz CT molecular complexity index is 440. The van der Waals surface area contributed by atoms with Gasteiger partial charge in [0.1, 0.15) is 11.9 Å². The number of nitrogen functional groups attached to an aromatic ring is 1. The third kappa shape index (κ3) is 2.89. The quantitative estimate of drug-likeness (QED) is 0.552. The summed E-state index contributed by atoms with van der Waals surface area (Å²) in [6.07, 6.45) is -4.22. The van der Waals surface area contributed by atoms with Crippen molar-refractivity contribution in [2.45, 2.75) is 18.6 Å². The fourth-order valence-electron chi connectivity index (χ4n) is 1.37. The van der Waals surface area contributed by atoms with Crippen molar-refractivity contribution in [2.24, 2.45) is 5.73 Å². The number of rotatable bonds is 4. The lowest BCUT2D eigenvalue weighted by atomic mass is 10.00. The lowest BCUT2D eigenvalue weighted by Crippen LogP contribution is -2.27. The zero-order chi connectivity index (χ0) is 13.2. The first-order valence-corrected chi connectivity index (χ1v) is 4.72. The third-order valence-corrected chi connectivity index (χ3v) is 2.23. The molecule has 0 aliphatic heterocycles. The molecule has 1 rings (SSSR count). The minimum absolute atomic E-state index is 0.369. The van der Waals surface area contributed by atoms with E-state index in [1.165, 1.54) is 0 Å². The fourth-order valence-corrected chi connectivity index (χ4v) is 1.37. The average molecular weight is 246 g/mol. The van der Waals surface area contributed by atoms with Crippen LogP contribution in [0.4, 0.5) is 14.5 Å². The number of halogens is 2. The van der Waals surface area contributed by atoms with E-state index in [1.54, 1.807) is 0 Å². The molecule has 6 N–H and O–H groups in total. The normalized spacial score (nSPS) is 14.4. The molecule has 0 aromatic heterocycles. The van der Waals surface area contributed by atoms with Crippen LogP contribution in [0.2, 0.25) is 0 Å². The lowest BCUT2D eigenvalue weighted by molar-refractivity contribution is -0.121. The van der Waals surface area contributed by atoms with Crippen LogP contribution in [0.3, 0.4) is 0 Å². The molecule has 0 saturated carbocycles. The van der Waals surface area contributed by atoms with E-state index in [0.29, 0.717) is 0 Å². The summed E-state index contributed by atoms with van der Waals surface area (Å²) >= 11 is 0. The Morgan fingerprint density at radius 1 is 1.35 bits per heavy atom. The van der Waals surface area contributed by atoms with Crippen LogP contribution in [0.15, 0.2) is 12.1 Å². The summed E-state index contributed by atoms with van der Waals surface area (Å²) in [5, 5.41) is 18.9. The number of nitrogens with two attached hydrogens (primary N) is 2. The molecular formula is C10H12F2N2O3. The zero-order valence-electron chi connectivity index (χ0n) is 8.73. The molecule has 1 amide bonds. The summed E-state index contributed by atoms with van der Waals surface area (Å²) in [6.45, 7) is 0. The molecule has 0 radical (unpaired) electrons. The van der Waals surface area contributed by atoms with E-state index in [2.05, 4.69) is 0 Å². The van der Waals surface area contributed by atoms with E-state index in [0.717, 1.165) is 12.1 Å². The molecule has 7 heteroatoms. The summed E-state index contributed by atoms with van der Waals surface area (Å²) in [5.74, 6) is -3.13. The summed E-state index contributed by atoms with van der Waals surface area (Å²) in [5.41, 5.74) is 8.85. The number of hydrogen-bond donors (Lipinski definition) is 4. The van der Waals surface area contributed by atoms with E-state index in [9.17, 15) is 23.8 Å². The second-order valence-corrected chi connectivity index (χ2v) is 3.55. The van der Waals surface area contributed by atoms with Gasteiger partial charge in [-0.3, -0.25) is 4.79 Å². The highest BCUT2D eigenvalue weighted by molar-refractivity contribution is 5.74. The molecule has 1 aromatic rings. The van der Waals surface area contributed by atoms with Crippen LogP contribution >= 0.6 is 0 Å². The third-order valence-electron chi connectivity index (χ3n) is 2.23. The van der Waals surface area contributed by atoms with Crippen LogP contribution in [-0.2, 0) is 4.79 Å². The van der Waals surface area contributed by atoms with Crippen LogP contribution in [0.1, 0.15) is 18.1 Å². The summed E-state index contributed by atoms with van der Waals surface area (Å²) in [6, 6.07) is 1.84. The second kappa shape index (κ2) is 5.07. The Labute approximate surface area is 95.7 Å². The maximum Gasteiger partial charge on any atom is 0.220 e. The van der Waals surface area contributed by atoms with E-state index in [1.807, 2.05) is 0 Å². The molecule has 0 aliphatic rings. The van der Waals surface area contributed by atoms with Gasteiger partial charge in [0.2, 0.25) is 5.91 Å². The minimum Gasteiger partial charge on any atom is -0.396 e. The summed E-state index contributed by atoms with van der Waals surface area (Å²) < 4.78 is 26.8. The van der Waals surface area contributed by atoms with Crippen LogP contribution in [0, 0.1) is 11.6 Å². The van der Waals surface area contributed by atoms with Gasteiger partial charge >= 0.3 is 0 Å². The van der Waals surface area contributed by atoms with Gasteiger partial charge < -0.3 is 21.7 Å². The van der Waals surface area contributed by atoms with Gasteiger partial charge in [-0.05, 0) is 12.1 Å². The van der Waals surface area contributed by atoms with Gasteiger partial charge in [-0.15, -0.1) is 0 Å². The molecule has 0 bridgehead atoms. The molecule has 0 aliphatic carbocycles. The van der Waals surface area contributed by atoms with Gasteiger partial charge in [0.15, 0.2) is 5.82 Å². The predicted molar refractivity (Wildman–Crippen MR) is 55.5 cm³/mol. The van der Waals surface area contributed by atoms with Crippen LogP contribution in [0.5, 0.6) is 0 Å². The molecule has 0 heterocycles. The number of primary amides is 1. The van der Waals surface area contributed by atoms with Crippen molar-refractivity contribution in [3.63, 3.8) is 0 Å². The number of hydrogen-bond acceptors (Lipinski definition) is 4. The van der Waals surface area contributed by atoms with Crippen molar-refractivity contribution in [2.75, 3.05) is 5.73 Å². The van der Waals surface area contributed by atoms with E-state index >= 15 is 0 Å². The van der Waals surface area contributed by atoms with Gasteiger partial charge in [-0.2, -0.15) is 0 Å². The van der Waals surface area contributed by atoms with Gasteiger partial charge in [0.05, 0.1) is 23.8 Å². The smallest absolute Gasteiger partial charge is 0.220 e. The van der Waals surface area contributed by atoms with E-state index in [-0.39, 0.29) is 5.69 Å². The van der Waals surface area contributed by atoms with E-state index in [4.69, 9.17) is 11.5 Å². The Kier molecular flexibility index (Phi) is 3.97. The van der Waals surface area contributed by atoms with Crippen LogP contribution in [-0.4, -0.2) is 22.2 Å². The second-order valence-electron chi connectivity index (χ2n) is 3.55. The number of amides is 1. The molecule has 2 unspecified atom stereocenters. The average Bonchev–Trinajstić information content (AvgIpc) is 2.23. The molecule has 0 saturated heterocycles. The molecule has 5 nitrogen and oxygen atoms in total. The molecular weight excluding hydrogens is 234 g/mol. The lowest BCUT2D eigenvalue weighted by Gasteiger charge is -2.18. The number of benzene rings is 1. The molecule has 17 heavy (non-hydrogen) atoms. The standard InChI is InChI=1S/C10H12F2N2O3/c11-4-1-2-5(13)9(12)8(4)10(17)6(15)3-7(14)16/h1-2,6,10,15,17H,3,13H2,(H2,14,16). The Balaban J connectivity index is 3.07. The highest BCUT2D eigenvalue weighted by atomic mass is 19.1. The van der Waals surface area contributed by atoms with Crippen molar-refractivity contribution in [1.29, 1.82) is 0 Å². The zero-order valence-corrected chi connectivity index (χ0v) is 8.73. The first-order chi connectivity index (χ1) is 7.84. The molecule has 1 aromatic carbocycles. The molecule has 94 valence electrons. The van der Waals surface area contributed by atoms with Crippen molar-refractivity contribution >= 4 is 11.6 Å². The Hall–Kier alpha value is -1.73. The SMILES string of the molecule is NC(=O)CC(O)C(O)c1c(F)ccc(N)c1F. The van der Waals surface area contributed by atoms with Crippen molar-refractivity contribution in [3.05, 3.63) is 29.3 Å². The van der Waals surface area contributed by atoms with Gasteiger partial charge in [-0.1, -0.05) is 0 Å². The van der Waals surface area contributed by atoms with Crippen LogP contribution in [0.25, 0.3) is 0 Å². The minimum atomic E-state index is -1.91. The summed E-state index contributed by atoms with van der Waals surface area (Å²) in [4.78, 5) is 10.5. The van der Waals surface area contributed by atoms with E-state index < -0.39 is 41.7 Å². The van der Waals surface area contributed by atoms with Crippen LogP contribution < -0.4 is 11.5 Å². The summed E-state index contributed by atoms with van der Waals surface area (Å²) in [7, 11) is 0. The maximum atomic E-state index is 13.5. The van der Waals surface area contributed by atoms with Gasteiger partial charge in [0, 0.05) is 0 Å². The number of aliphatic hydroxyl groups excluding tert-OH is 2. The predicted octanol–water partition coefficient (Wildman–Crippen LogP) is -0.183. The maximum absolute atomic E-state index is 13.5. The number of carbonyl (C=O) groups is 1. The number of anilines is 1. The monoisotopic (exact) mass is 246 g/mol.